The molecule has 0 unspecified atom stereocenters. The van der Waals surface area contributed by atoms with E-state index in [4.69, 9.17) is 16.3 Å². The number of aromatic nitrogens is 2. The molecule has 2 aromatic rings. The third-order valence-corrected chi connectivity index (χ3v) is 6.15. The second kappa shape index (κ2) is 8.20. The van der Waals surface area contributed by atoms with E-state index in [0.29, 0.717) is 11.6 Å². The highest BCUT2D eigenvalue weighted by Crippen LogP contribution is 2.27. The Morgan fingerprint density at radius 1 is 1.31 bits per heavy atom. The van der Waals surface area contributed by atoms with E-state index >= 15 is 0 Å². The summed E-state index contributed by atoms with van der Waals surface area (Å²) < 4.78 is 33.1. The zero-order valence-electron chi connectivity index (χ0n) is 14.4. The molecule has 9 heteroatoms. The number of hydrogen-bond acceptors (Lipinski definition) is 6. The lowest BCUT2D eigenvalue weighted by Crippen LogP contribution is -2.39. The fourth-order valence-corrected chi connectivity index (χ4v) is 4.53. The van der Waals surface area contributed by atoms with Gasteiger partial charge in [0.15, 0.2) is 0 Å². The molecule has 1 saturated heterocycles. The maximum atomic E-state index is 12.6. The van der Waals surface area contributed by atoms with Crippen LogP contribution in [0.1, 0.15) is 12.8 Å². The molecule has 1 N–H and O–H groups in total. The standard InChI is InChI=1S/C17H21ClN4O3S/c1-25-15-3-2-14(18)10-16(15)26(23,24)21-11-13-4-8-22(9-5-13)17-12-19-6-7-20-17/h2-3,6-7,10,12-13,21H,4-5,8-9,11H2,1H3. The predicted octanol–water partition coefficient (Wildman–Crippen LogP) is 2.33. The van der Waals surface area contributed by atoms with E-state index in [9.17, 15) is 8.42 Å². The minimum atomic E-state index is -3.69. The summed E-state index contributed by atoms with van der Waals surface area (Å²) in [7, 11) is -2.25. The molecule has 3 rings (SSSR count). The Labute approximate surface area is 158 Å². The Hall–Kier alpha value is -1.90. The van der Waals surface area contributed by atoms with Crippen molar-refractivity contribution in [2.24, 2.45) is 5.92 Å². The van der Waals surface area contributed by atoms with Gasteiger partial charge in [0.1, 0.15) is 16.5 Å². The van der Waals surface area contributed by atoms with E-state index in [2.05, 4.69) is 19.6 Å². The van der Waals surface area contributed by atoms with Crippen molar-refractivity contribution in [3.8, 4) is 5.75 Å². The van der Waals surface area contributed by atoms with Gasteiger partial charge in [-0.3, -0.25) is 4.98 Å². The Kier molecular flexibility index (Phi) is 5.95. The first kappa shape index (κ1) is 18.9. The molecule has 26 heavy (non-hydrogen) atoms. The summed E-state index contributed by atoms with van der Waals surface area (Å²) in [6.45, 7) is 2.03. The van der Waals surface area contributed by atoms with Gasteiger partial charge in [0.25, 0.3) is 0 Å². The van der Waals surface area contributed by atoms with Crippen molar-refractivity contribution < 1.29 is 13.2 Å². The Bertz CT molecular complexity index is 840. The van der Waals surface area contributed by atoms with E-state index in [1.807, 2.05) is 0 Å². The third-order valence-electron chi connectivity index (χ3n) is 4.47. The minimum absolute atomic E-state index is 0.0597. The lowest BCUT2D eigenvalue weighted by molar-refractivity contribution is 0.395. The van der Waals surface area contributed by atoms with Gasteiger partial charge in [0.2, 0.25) is 10.0 Å². The van der Waals surface area contributed by atoms with Gasteiger partial charge in [-0.15, -0.1) is 0 Å². The summed E-state index contributed by atoms with van der Waals surface area (Å²) in [5, 5.41) is 0.350. The Balaban J connectivity index is 1.59. The van der Waals surface area contributed by atoms with Crippen LogP contribution in [0.3, 0.4) is 0 Å². The number of methoxy groups -OCH3 is 1. The van der Waals surface area contributed by atoms with Crippen LogP contribution in [-0.4, -0.2) is 45.1 Å². The number of ether oxygens (including phenoxy) is 1. The van der Waals surface area contributed by atoms with Crippen molar-refractivity contribution in [2.45, 2.75) is 17.7 Å². The van der Waals surface area contributed by atoms with Crippen LogP contribution < -0.4 is 14.4 Å². The molecule has 0 amide bonds. The predicted molar refractivity (Wildman–Crippen MR) is 100 cm³/mol. The highest BCUT2D eigenvalue weighted by atomic mass is 35.5. The summed E-state index contributed by atoms with van der Waals surface area (Å²) in [4.78, 5) is 10.6. The second-order valence-electron chi connectivity index (χ2n) is 6.14. The van der Waals surface area contributed by atoms with Crippen LogP contribution >= 0.6 is 11.6 Å². The zero-order chi connectivity index (χ0) is 18.6. The lowest BCUT2D eigenvalue weighted by atomic mass is 9.97. The van der Waals surface area contributed by atoms with E-state index < -0.39 is 10.0 Å². The van der Waals surface area contributed by atoms with Crippen molar-refractivity contribution in [3.05, 3.63) is 41.8 Å². The molecule has 1 aliphatic heterocycles. The molecule has 0 atom stereocenters. The summed E-state index contributed by atoms with van der Waals surface area (Å²) in [5.74, 6) is 1.40. The molecule has 0 bridgehead atoms. The van der Waals surface area contributed by atoms with Crippen LogP contribution in [0.2, 0.25) is 5.02 Å². The molecular formula is C17H21ClN4O3S. The van der Waals surface area contributed by atoms with Crippen LogP contribution in [0.15, 0.2) is 41.7 Å². The smallest absolute Gasteiger partial charge is 0.244 e. The average molecular weight is 397 g/mol. The number of nitrogens with zero attached hydrogens (tertiary/aromatic N) is 3. The number of halogens is 1. The fourth-order valence-electron chi connectivity index (χ4n) is 2.99. The monoisotopic (exact) mass is 396 g/mol. The van der Waals surface area contributed by atoms with Crippen LogP contribution in [0.25, 0.3) is 0 Å². The maximum Gasteiger partial charge on any atom is 0.244 e. The van der Waals surface area contributed by atoms with Gasteiger partial charge in [-0.2, -0.15) is 0 Å². The first-order valence-corrected chi connectivity index (χ1v) is 10.2. The van der Waals surface area contributed by atoms with Crippen molar-refractivity contribution >= 4 is 27.4 Å². The number of nitrogens with one attached hydrogen (secondary N) is 1. The summed E-state index contributed by atoms with van der Waals surface area (Å²) in [6, 6.07) is 4.55. The van der Waals surface area contributed by atoms with E-state index in [0.717, 1.165) is 31.7 Å². The molecule has 0 aliphatic carbocycles. The topological polar surface area (TPSA) is 84.4 Å². The lowest BCUT2D eigenvalue weighted by Gasteiger charge is -2.32. The second-order valence-corrected chi connectivity index (χ2v) is 8.31. The van der Waals surface area contributed by atoms with E-state index in [1.165, 1.54) is 13.2 Å². The highest BCUT2D eigenvalue weighted by molar-refractivity contribution is 7.89. The molecular weight excluding hydrogens is 376 g/mol. The fraction of sp³-hybridized carbons (Fsp3) is 0.412. The SMILES string of the molecule is COc1ccc(Cl)cc1S(=O)(=O)NCC1CCN(c2cnccn2)CC1. The molecule has 1 fully saturated rings. The van der Waals surface area contributed by atoms with Gasteiger partial charge in [-0.05, 0) is 37.0 Å². The number of hydrogen-bond donors (Lipinski definition) is 1. The number of piperidine rings is 1. The number of benzene rings is 1. The van der Waals surface area contributed by atoms with E-state index in [-0.39, 0.29) is 16.6 Å². The zero-order valence-corrected chi connectivity index (χ0v) is 16.0. The Morgan fingerprint density at radius 3 is 2.73 bits per heavy atom. The third kappa shape index (κ3) is 4.44. The average Bonchev–Trinajstić information content (AvgIpc) is 2.67. The van der Waals surface area contributed by atoms with Crippen LogP contribution in [0, 0.1) is 5.92 Å². The molecule has 7 nitrogen and oxygen atoms in total. The first-order valence-electron chi connectivity index (χ1n) is 8.34. The normalized spacial score (nSPS) is 15.8. The van der Waals surface area contributed by atoms with Gasteiger partial charge in [0, 0.05) is 37.1 Å². The summed E-state index contributed by atoms with van der Waals surface area (Å²) in [6.07, 6.45) is 6.83. The molecule has 1 aliphatic rings. The summed E-state index contributed by atoms with van der Waals surface area (Å²) in [5.41, 5.74) is 0. The van der Waals surface area contributed by atoms with Gasteiger partial charge in [0.05, 0.1) is 13.3 Å². The molecule has 0 spiro atoms. The molecule has 1 aromatic heterocycles. The minimum Gasteiger partial charge on any atom is -0.495 e. The van der Waals surface area contributed by atoms with Crippen molar-refractivity contribution in [1.29, 1.82) is 0 Å². The number of sulfonamides is 1. The molecule has 140 valence electrons. The van der Waals surface area contributed by atoms with Crippen molar-refractivity contribution in [3.63, 3.8) is 0 Å². The van der Waals surface area contributed by atoms with Crippen LogP contribution in [-0.2, 0) is 10.0 Å². The Morgan fingerprint density at radius 2 is 2.08 bits per heavy atom. The van der Waals surface area contributed by atoms with Crippen LogP contribution in [0.5, 0.6) is 5.75 Å². The first-order chi connectivity index (χ1) is 12.5. The molecule has 1 aromatic carbocycles. The number of rotatable bonds is 6. The van der Waals surface area contributed by atoms with Crippen molar-refractivity contribution in [1.82, 2.24) is 14.7 Å². The van der Waals surface area contributed by atoms with Gasteiger partial charge < -0.3 is 9.64 Å². The largest absolute Gasteiger partial charge is 0.495 e. The van der Waals surface area contributed by atoms with Gasteiger partial charge in [-0.25, -0.2) is 18.1 Å². The van der Waals surface area contributed by atoms with Crippen molar-refractivity contribution in [2.75, 3.05) is 31.6 Å². The summed E-state index contributed by atoms with van der Waals surface area (Å²) >= 11 is 5.94. The maximum absolute atomic E-state index is 12.6. The molecule has 2 heterocycles. The quantitative estimate of drug-likeness (QED) is 0.806. The van der Waals surface area contributed by atoms with E-state index in [1.54, 1.807) is 30.7 Å². The molecule has 0 radical (unpaired) electrons. The highest BCUT2D eigenvalue weighted by Gasteiger charge is 2.24. The number of anilines is 1. The van der Waals surface area contributed by atoms with Gasteiger partial charge >= 0.3 is 0 Å². The molecule has 0 saturated carbocycles. The van der Waals surface area contributed by atoms with Crippen LogP contribution in [0.4, 0.5) is 5.82 Å². The van der Waals surface area contributed by atoms with Gasteiger partial charge in [-0.1, -0.05) is 11.6 Å².